The van der Waals surface area contributed by atoms with Crippen molar-refractivity contribution < 1.29 is 23.8 Å². The van der Waals surface area contributed by atoms with Gasteiger partial charge in [0.15, 0.2) is 6.10 Å². The number of carbonyl (C=O) groups excluding carboxylic acids is 1. The zero-order chi connectivity index (χ0) is 23.0. The number of esters is 1. The van der Waals surface area contributed by atoms with E-state index < -0.39 is 6.10 Å². The van der Waals surface area contributed by atoms with Crippen LogP contribution in [-0.4, -0.2) is 44.7 Å². The Hall–Kier alpha value is -2.86. The molecule has 2 aromatic carbocycles. The summed E-state index contributed by atoms with van der Waals surface area (Å²) in [6.45, 7) is 5.39. The van der Waals surface area contributed by atoms with Crippen LogP contribution in [0.25, 0.3) is 0 Å². The Labute approximate surface area is 191 Å². The number of nitrogens with zero attached hydrogens (tertiary/aromatic N) is 1. The summed E-state index contributed by atoms with van der Waals surface area (Å²) in [5.74, 6) is 0.344. The molecule has 0 aliphatic heterocycles. The van der Waals surface area contributed by atoms with E-state index in [1.54, 1.807) is 0 Å². The molecular weight excluding hydrogens is 406 g/mol. The summed E-state index contributed by atoms with van der Waals surface area (Å²) in [5.41, 5.74) is 2.68. The van der Waals surface area contributed by atoms with E-state index in [1.807, 2.05) is 61.5 Å². The standard InChI is InChI=1S/C26H35NO5/c1-4-6-7-11-18-32-27-24(22-12-9-8-10-13-22)20-31-23-16-14-21(15-17-23)19-25(30-5-2)26(28)29-3/h8-10,12-17,25H,4-7,11,18-20H2,1-3H3/b27-24+. The van der Waals surface area contributed by atoms with Crippen molar-refractivity contribution in [1.29, 1.82) is 0 Å². The molecule has 32 heavy (non-hydrogen) atoms. The number of carbonyl (C=O) groups is 1. The van der Waals surface area contributed by atoms with Gasteiger partial charge in [-0.25, -0.2) is 4.79 Å². The lowest BCUT2D eigenvalue weighted by Gasteiger charge is -2.15. The Bertz CT molecular complexity index is 805. The predicted molar refractivity (Wildman–Crippen MR) is 126 cm³/mol. The molecule has 174 valence electrons. The summed E-state index contributed by atoms with van der Waals surface area (Å²) in [6.07, 6.45) is 4.39. The summed E-state index contributed by atoms with van der Waals surface area (Å²) in [4.78, 5) is 17.4. The molecule has 0 saturated carbocycles. The third-order valence-electron chi connectivity index (χ3n) is 4.92. The molecule has 0 fully saturated rings. The lowest BCUT2D eigenvalue weighted by molar-refractivity contribution is -0.153. The van der Waals surface area contributed by atoms with Crippen LogP contribution in [0.3, 0.4) is 0 Å². The van der Waals surface area contributed by atoms with E-state index in [9.17, 15) is 4.79 Å². The molecule has 6 heteroatoms. The van der Waals surface area contributed by atoms with Gasteiger partial charge in [-0.05, 0) is 37.5 Å². The summed E-state index contributed by atoms with van der Waals surface area (Å²) in [5, 5.41) is 4.34. The molecule has 0 radical (unpaired) electrons. The number of rotatable bonds is 15. The van der Waals surface area contributed by atoms with Crippen LogP contribution in [0.15, 0.2) is 59.8 Å². The average Bonchev–Trinajstić information content (AvgIpc) is 2.83. The van der Waals surface area contributed by atoms with E-state index in [-0.39, 0.29) is 5.97 Å². The molecule has 0 spiro atoms. The maximum absolute atomic E-state index is 11.8. The highest BCUT2D eigenvalue weighted by atomic mass is 16.6. The first-order valence-corrected chi connectivity index (χ1v) is 11.3. The van der Waals surface area contributed by atoms with Gasteiger partial charge in [0.2, 0.25) is 0 Å². The van der Waals surface area contributed by atoms with Crippen LogP contribution in [0.5, 0.6) is 5.75 Å². The summed E-state index contributed by atoms with van der Waals surface area (Å²) in [7, 11) is 1.37. The Kier molecular flexibility index (Phi) is 11.9. The van der Waals surface area contributed by atoms with Crippen LogP contribution in [0, 0.1) is 0 Å². The lowest BCUT2D eigenvalue weighted by Crippen LogP contribution is -2.28. The van der Waals surface area contributed by atoms with Gasteiger partial charge < -0.3 is 19.0 Å². The smallest absolute Gasteiger partial charge is 0.335 e. The molecule has 0 saturated heterocycles. The first kappa shape index (κ1) is 25.4. The van der Waals surface area contributed by atoms with E-state index in [0.717, 1.165) is 29.7 Å². The second-order valence-electron chi connectivity index (χ2n) is 7.40. The van der Waals surface area contributed by atoms with Gasteiger partial charge in [0.05, 0.1) is 7.11 Å². The first-order valence-electron chi connectivity index (χ1n) is 11.3. The monoisotopic (exact) mass is 441 g/mol. The van der Waals surface area contributed by atoms with Gasteiger partial charge in [0.1, 0.15) is 24.7 Å². The summed E-state index contributed by atoms with van der Waals surface area (Å²) < 4.78 is 16.3. The molecule has 2 aromatic rings. The van der Waals surface area contributed by atoms with Crippen molar-refractivity contribution in [3.63, 3.8) is 0 Å². The Morgan fingerprint density at radius 3 is 2.38 bits per heavy atom. The zero-order valence-electron chi connectivity index (χ0n) is 19.4. The van der Waals surface area contributed by atoms with Crippen LogP contribution < -0.4 is 4.74 Å². The summed E-state index contributed by atoms with van der Waals surface area (Å²) >= 11 is 0. The largest absolute Gasteiger partial charge is 0.487 e. The molecule has 1 unspecified atom stereocenters. The SMILES string of the molecule is CCCCCCO/N=C(\COc1ccc(CC(OCC)C(=O)OC)cc1)c1ccccc1. The second kappa shape index (κ2) is 15.0. The molecule has 1 atom stereocenters. The van der Waals surface area contributed by atoms with Crippen molar-refractivity contribution in [3.8, 4) is 5.75 Å². The molecule has 0 aliphatic rings. The molecule has 0 bridgehead atoms. The zero-order valence-corrected chi connectivity index (χ0v) is 19.4. The summed E-state index contributed by atoms with van der Waals surface area (Å²) in [6, 6.07) is 17.5. The average molecular weight is 442 g/mol. The maximum atomic E-state index is 11.8. The normalized spacial score (nSPS) is 12.3. The Balaban J connectivity index is 1.95. The van der Waals surface area contributed by atoms with Crippen molar-refractivity contribution >= 4 is 11.7 Å². The van der Waals surface area contributed by atoms with Gasteiger partial charge in [-0.2, -0.15) is 0 Å². The molecule has 0 N–H and O–H groups in total. The molecule has 6 nitrogen and oxygen atoms in total. The van der Waals surface area contributed by atoms with Gasteiger partial charge in [-0.3, -0.25) is 0 Å². The van der Waals surface area contributed by atoms with E-state index in [1.165, 1.54) is 20.0 Å². The highest BCUT2D eigenvalue weighted by molar-refractivity contribution is 6.01. The van der Waals surface area contributed by atoms with E-state index in [4.69, 9.17) is 19.0 Å². The third-order valence-corrected chi connectivity index (χ3v) is 4.92. The topological polar surface area (TPSA) is 66.3 Å². The van der Waals surface area contributed by atoms with Crippen LogP contribution >= 0.6 is 0 Å². The molecule has 0 aliphatic carbocycles. The predicted octanol–water partition coefficient (Wildman–Crippen LogP) is 5.19. The van der Waals surface area contributed by atoms with Crippen LogP contribution in [0.2, 0.25) is 0 Å². The van der Waals surface area contributed by atoms with Crippen molar-refractivity contribution in [2.45, 2.75) is 52.1 Å². The lowest BCUT2D eigenvalue weighted by atomic mass is 10.1. The minimum Gasteiger partial charge on any atom is -0.487 e. The van der Waals surface area contributed by atoms with Crippen LogP contribution in [-0.2, 0) is 25.5 Å². The number of methoxy groups -OCH3 is 1. The van der Waals surface area contributed by atoms with Gasteiger partial charge in [0, 0.05) is 18.6 Å². The third kappa shape index (κ3) is 9.10. The van der Waals surface area contributed by atoms with Crippen LogP contribution in [0.4, 0.5) is 0 Å². The Morgan fingerprint density at radius 1 is 0.969 bits per heavy atom. The van der Waals surface area contributed by atoms with Gasteiger partial charge >= 0.3 is 5.97 Å². The van der Waals surface area contributed by atoms with Crippen molar-refractivity contribution in [2.24, 2.45) is 5.16 Å². The maximum Gasteiger partial charge on any atom is 0.335 e. The van der Waals surface area contributed by atoms with Gasteiger partial charge in [-0.1, -0.05) is 67.4 Å². The minimum absolute atomic E-state index is 0.294. The second-order valence-corrected chi connectivity index (χ2v) is 7.40. The van der Waals surface area contributed by atoms with Crippen molar-refractivity contribution in [1.82, 2.24) is 0 Å². The highest BCUT2D eigenvalue weighted by Crippen LogP contribution is 2.16. The van der Waals surface area contributed by atoms with Crippen LogP contribution in [0.1, 0.15) is 50.7 Å². The van der Waals surface area contributed by atoms with E-state index in [2.05, 4.69) is 12.1 Å². The fourth-order valence-corrected chi connectivity index (χ4v) is 3.14. The molecule has 0 aromatic heterocycles. The fraction of sp³-hybridized carbons (Fsp3) is 0.462. The van der Waals surface area contributed by atoms with Crippen molar-refractivity contribution in [2.75, 3.05) is 26.9 Å². The number of oxime groups is 1. The quantitative estimate of drug-likeness (QED) is 0.165. The minimum atomic E-state index is -0.608. The number of unbranched alkanes of at least 4 members (excludes halogenated alkanes) is 3. The molecule has 0 heterocycles. The number of hydrogen-bond acceptors (Lipinski definition) is 6. The van der Waals surface area contributed by atoms with Gasteiger partial charge in [-0.15, -0.1) is 0 Å². The molecule has 0 amide bonds. The highest BCUT2D eigenvalue weighted by Gasteiger charge is 2.19. The first-order chi connectivity index (χ1) is 15.7. The molecule has 2 rings (SSSR count). The number of ether oxygens (including phenoxy) is 3. The number of hydrogen-bond donors (Lipinski definition) is 0. The molecular formula is C26H35NO5. The van der Waals surface area contributed by atoms with Gasteiger partial charge in [0.25, 0.3) is 0 Å². The fourth-order valence-electron chi connectivity index (χ4n) is 3.14. The van der Waals surface area contributed by atoms with Crippen molar-refractivity contribution in [3.05, 3.63) is 65.7 Å². The van der Waals surface area contributed by atoms with E-state index in [0.29, 0.717) is 32.0 Å². The number of benzene rings is 2. The Morgan fingerprint density at radius 2 is 1.72 bits per heavy atom. The van der Waals surface area contributed by atoms with E-state index >= 15 is 0 Å².